The maximum absolute atomic E-state index is 12.9. The van der Waals surface area contributed by atoms with Gasteiger partial charge in [0.15, 0.2) is 12.4 Å². The summed E-state index contributed by atoms with van der Waals surface area (Å²) in [6, 6.07) is 6.58. The first-order chi connectivity index (χ1) is 13.7. The summed E-state index contributed by atoms with van der Waals surface area (Å²) in [5.74, 6) is -1.10. The molecule has 0 bridgehead atoms. The van der Waals surface area contributed by atoms with Crippen LogP contribution in [0.1, 0.15) is 68.3 Å². The van der Waals surface area contributed by atoms with Crippen LogP contribution < -0.4 is 5.32 Å². The number of nitrogens with zero attached hydrogens (tertiary/aromatic N) is 1. The Morgan fingerprint density at radius 2 is 1.90 bits per heavy atom. The number of ketones is 1. The van der Waals surface area contributed by atoms with E-state index in [1.165, 1.54) is 0 Å². The Morgan fingerprint density at radius 1 is 1.21 bits per heavy atom. The van der Waals surface area contributed by atoms with Crippen molar-refractivity contribution in [3.8, 4) is 0 Å². The largest absolute Gasteiger partial charge is 0.456 e. The second kappa shape index (κ2) is 8.35. The molecule has 1 aliphatic carbocycles. The number of carbonyl (C=O) groups excluding carboxylic acids is 4. The molecule has 1 spiro atoms. The lowest BCUT2D eigenvalue weighted by molar-refractivity contribution is -0.147. The number of carbonyl (C=O) groups is 4. The number of urea groups is 1. The van der Waals surface area contributed by atoms with Gasteiger partial charge in [-0.05, 0) is 30.2 Å². The number of esters is 1. The molecule has 156 valence electrons. The fourth-order valence-corrected chi connectivity index (χ4v) is 4.10. The number of nitrogens with one attached hydrogen (secondary N) is 1. The third kappa shape index (κ3) is 4.18. The molecule has 1 saturated carbocycles. The van der Waals surface area contributed by atoms with Crippen molar-refractivity contribution in [3.63, 3.8) is 0 Å². The maximum atomic E-state index is 12.9. The highest BCUT2D eigenvalue weighted by Crippen LogP contribution is 2.38. The molecular formula is C22H28N2O5. The lowest BCUT2D eigenvalue weighted by Crippen LogP contribution is -2.54. The van der Waals surface area contributed by atoms with Crippen LogP contribution in [-0.2, 0) is 14.3 Å². The highest BCUT2D eigenvalue weighted by atomic mass is 16.5. The van der Waals surface area contributed by atoms with Crippen LogP contribution in [-0.4, -0.2) is 47.3 Å². The molecule has 0 radical (unpaired) electrons. The molecule has 2 atom stereocenters. The van der Waals surface area contributed by atoms with Crippen LogP contribution in [0.4, 0.5) is 4.79 Å². The van der Waals surface area contributed by atoms with Gasteiger partial charge in [0.1, 0.15) is 12.1 Å². The van der Waals surface area contributed by atoms with Crippen molar-refractivity contribution in [2.45, 2.75) is 57.9 Å². The summed E-state index contributed by atoms with van der Waals surface area (Å²) >= 11 is 0. The van der Waals surface area contributed by atoms with Crippen LogP contribution in [0.3, 0.4) is 0 Å². The molecule has 29 heavy (non-hydrogen) atoms. The predicted molar refractivity (Wildman–Crippen MR) is 106 cm³/mol. The van der Waals surface area contributed by atoms with E-state index in [1.54, 1.807) is 12.1 Å². The average molecular weight is 400 g/mol. The van der Waals surface area contributed by atoms with Gasteiger partial charge >= 0.3 is 12.0 Å². The van der Waals surface area contributed by atoms with Gasteiger partial charge in [-0.1, -0.05) is 57.9 Å². The Balaban J connectivity index is 1.56. The Labute approximate surface area is 170 Å². The Kier molecular flexibility index (Phi) is 6.05. The first kappa shape index (κ1) is 21.0. The van der Waals surface area contributed by atoms with Crippen molar-refractivity contribution in [2.24, 2.45) is 5.92 Å². The fourth-order valence-electron chi connectivity index (χ4n) is 4.10. The predicted octanol–water partition coefficient (Wildman–Crippen LogP) is 3.04. The van der Waals surface area contributed by atoms with Gasteiger partial charge in [-0.2, -0.15) is 0 Å². The summed E-state index contributed by atoms with van der Waals surface area (Å²) in [6.45, 7) is 5.16. The number of imide groups is 1. The van der Waals surface area contributed by atoms with E-state index in [0.29, 0.717) is 17.9 Å². The minimum Gasteiger partial charge on any atom is -0.456 e. The van der Waals surface area contributed by atoms with Gasteiger partial charge < -0.3 is 10.1 Å². The van der Waals surface area contributed by atoms with Crippen molar-refractivity contribution < 1.29 is 23.9 Å². The molecule has 1 aromatic rings. The Morgan fingerprint density at radius 3 is 2.52 bits per heavy atom. The Bertz CT molecular complexity index is 817. The second-order valence-corrected chi connectivity index (χ2v) is 8.30. The van der Waals surface area contributed by atoms with E-state index in [-0.39, 0.29) is 17.6 Å². The average Bonchev–Trinajstić information content (AvgIpc) is 2.93. The molecule has 3 amide bonds. The zero-order valence-electron chi connectivity index (χ0n) is 17.2. The van der Waals surface area contributed by atoms with E-state index in [1.807, 2.05) is 19.1 Å². The number of ether oxygens (including phenoxy) is 1. The fraction of sp³-hybridized carbons (Fsp3) is 0.545. The third-order valence-electron chi connectivity index (χ3n) is 6.05. The van der Waals surface area contributed by atoms with Gasteiger partial charge in [0.2, 0.25) is 0 Å². The highest BCUT2D eigenvalue weighted by Gasteiger charge is 2.55. The smallest absolute Gasteiger partial charge is 0.326 e. The summed E-state index contributed by atoms with van der Waals surface area (Å²) in [5.41, 5.74) is 0.652. The van der Waals surface area contributed by atoms with Crippen molar-refractivity contribution in [1.82, 2.24) is 10.2 Å². The van der Waals surface area contributed by atoms with Crippen LogP contribution in [0, 0.1) is 5.92 Å². The molecule has 1 aromatic carbocycles. The van der Waals surface area contributed by atoms with Crippen molar-refractivity contribution >= 4 is 23.7 Å². The number of hydrogen-bond acceptors (Lipinski definition) is 5. The molecule has 1 aliphatic heterocycles. The van der Waals surface area contributed by atoms with Gasteiger partial charge in [0, 0.05) is 5.56 Å². The summed E-state index contributed by atoms with van der Waals surface area (Å²) in [5, 5.41) is 2.79. The molecule has 3 rings (SSSR count). The first-order valence-electron chi connectivity index (χ1n) is 10.2. The number of hydrogen-bond donors (Lipinski definition) is 1. The first-order valence-corrected chi connectivity index (χ1v) is 10.2. The molecule has 1 saturated heterocycles. The molecule has 1 N–H and O–H groups in total. The van der Waals surface area contributed by atoms with Crippen LogP contribution in [0.2, 0.25) is 0 Å². The van der Waals surface area contributed by atoms with Crippen LogP contribution in [0.25, 0.3) is 0 Å². The van der Waals surface area contributed by atoms with Crippen LogP contribution >= 0.6 is 0 Å². The van der Waals surface area contributed by atoms with Gasteiger partial charge in [0.05, 0.1) is 0 Å². The summed E-state index contributed by atoms with van der Waals surface area (Å²) in [6.07, 6.45) is 3.32. The summed E-state index contributed by atoms with van der Waals surface area (Å²) < 4.78 is 5.03. The molecular weight excluding hydrogens is 372 g/mol. The zero-order chi connectivity index (χ0) is 21.2. The summed E-state index contributed by atoms with van der Waals surface area (Å²) in [4.78, 5) is 50.5. The van der Waals surface area contributed by atoms with Crippen molar-refractivity contribution in [1.29, 1.82) is 0 Å². The van der Waals surface area contributed by atoms with E-state index in [4.69, 9.17) is 4.74 Å². The van der Waals surface area contributed by atoms with Crippen molar-refractivity contribution in [2.75, 3.05) is 13.2 Å². The van der Waals surface area contributed by atoms with E-state index in [0.717, 1.165) is 29.7 Å². The molecule has 7 nitrogen and oxygen atoms in total. The van der Waals surface area contributed by atoms with Gasteiger partial charge in [-0.3, -0.25) is 19.3 Å². The Hall–Kier alpha value is -2.70. The van der Waals surface area contributed by atoms with E-state index in [2.05, 4.69) is 19.2 Å². The highest BCUT2D eigenvalue weighted by molar-refractivity contribution is 6.09. The molecule has 2 unspecified atom stereocenters. The lowest BCUT2D eigenvalue weighted by atomic mass is 9.73. The van der Waals surface area contributed by atoms with E-state index >= 15 is 0 Å². The zero-order valence-corrected chi connectivity index (χ0v) is 17.2. The van der Waals surface area contributed by atoms with Crippen LogP contribution in [0.15, 0.2) is 24.3 Å². The molecule has 7 heteroatoms. The van der Waals surface area contributed by atoms with Gasteiger partial charge in [-0.15, -0.1) is 0 Å². The number of rotatable bonds is 6. The number of benzene rings is 1. The molecule has 1 heterocycles. The van der Waals surface area contributed by atoms with Gasteiger partial charge in [-0.25, -0.2) is 4.79 Å². The molecule has 0 aromatic heterocycles. The minimum absolute atomic E-state index is 0.0177. The SMILES string of the molecule is CC(C)c1ccc(C(=O)COC(=O)CN2C(=O)NC3(CCCCC3C)C2=O)cc1. The lowest BCUT2D eigenvalue weighted by Gasteiger charge is -2.36. The number of amides is 3. The number of Topliss-reactive ketones (excluding diaryl/α,β-unsaturated/α-hetero) is 1. The van der Waals surface area contributed by atoms with Crippen LogP contribution in [0.5, 0.6) is 0 Å². The maximum Gasteiger partial charge on any atom is 0.326 e. The topological polar surface area (TPSA) is 92.8 Å². The minimum atomic E-state index is -0.913. The molecule has 2 fully saturated rings. The normalized spacial score (nSPS) is 24.1. The van der Waals surface area contributed by atoms with Crippen molar-refractivity contribution in [3.05, 3.63) is 35.4 Å². The monoisotopic (exact) mass is 400 g/mol. The molecule has 2 aliphatic rings. The van der Waals surface area contributed by atoms with E-state index in [9.17, 15) is 19.2 Å². The summed E-state index contributed by atoms with van der Waals surface area (Å²) in [7, 11) is 0. The quantitative estimate of drug-likeness (QED) is 0.450. The van der Waals surface area contributed by atoms with Gasteiger partial charge in [0.25, 0.3) is 5.91 Å². The standard InChI is InChI=1S/C22H28N2O5/c1-14(2)16-7-9-17(10-8-16)18(25)13-29-19(26)12-24-20(27)22(23-21(24)28)11-5-4-6-15(22)3/h7-10,14-15H,4-6,11-13H2,1-3H3,(H,23,28). The second-order valence-electron chi connectivity index (χ2n) is 8.30. The third-order valence-corrected chi connectivity index (χ3v) is 6.05. The van der Waals surface area contributed by atoms with E-state index < -0.39 is 30.7 Å².